The van der Waals surface area contributed by atoms with Crippen LogP contribution in [0.2, 0.25) is 0 Å². The second-order valence-electron chi connectivity index (χ2n) is 6.56. The van der Waals surface area contributed by atoms with Gasteiger partial charge >= 0.3 is 5.97 Å². The molecule has 2 unspecified atom stereocenters. The van der Waals surface area contributed by atoms with Gasteiger partial charge in [-0.2, -0.15) is 5.10 Å². The van der Waals surface area contributed by atoms with Gasteiger partial charge in [0.2, 0.25) is 0 Å². The number of hydrogen-bond donors (Lipinski definition) is 3. The second-order valence-corrected chi connectivity index (χ2v) is 6.56. The van der Waals surface area contributed by atoms with E-state index >= 15 is 0 Å². The molecule has 152 valence electrons. The maximum atomic E-state index is 12.0. The summed E-state index contributed by atoms with van der Waals surface area (Å²) in [7, 11) is 0. The Kier molecular flexibility index (Phi) is 6.94. The molecule has 2 atom stereocenters. The summed E-state index contributed by atoms with van der Waals surface area (Å²) >= 11 is 0. The highest BCUT2D eigenvalue weighted by atomic mass is 16.5. The Morgan fingerprint density at radius 1 is 1.24 bits per heavy atom. The van der Waals surface area contributed by atoms with Gasteiger partial charge in [-0.15, -0.1) is 0 Å². The van der Waals surface area contributed by atoms with Crippen molar-refractivity contribution in [1.82, 2.24) is 14.8 Å². The minimum atomic E-state index is -1.03. The number of nitrogens with zero attached hydrogens (tertiary/aromatic N) is 3. The van der Waals surface area contributed by atoms with Crippen molar-refractivity contribution in [1.29, 1.82) is 0 Å². The summed E-state index contributed by atoms with van der Waals surface area (Å²) in [4.78, 5) is 16.0. The molecule has 2 aromatic heterocycles. The monoisotopic (exact) mass is 395 g/mol. The number of aliphatic hydroxyl groups is 1. The van der Waals surface area contributed by atoms with Gasteiger partial charge in [-0.25, -0.2) is 4.68 Å². The van der Waals surface area contributed by atoms with E-state index in [1.807, 2.05) is 42.5 Å². The highest BCUT2D eigenvalue weighted by molar-refractivity contribution is 5.71. The Bertz CT molecular complexity index is 915. The molecule has 0 saturated carbocycles. The van der Waals surface area contributed by atoms with E-state index in [1.54, 1.807) is 25.4 Å². The maximum Gasteiger partial charge on any atom is 0.327 e. The Morgan fingerprint density at radius 3 is 2.66 bits per heavy atom. The molecule has 0 aliphatic heterocycles. The lowest BCUT2D eigenvalue weighted by atomic mass is 10.1. The van der Waals surface area contributed by atoms with E-state index in [0.29, 0.717) is 17.9 Å². The van der Waals surface area contributed by atoms with Crippen LogP contribution < -0.4 is 11.1 Å². The van der Waals surface area contributed by atoms with Crippen LogP contribution in [-0.2, 0) is 22.5 Å². The number of nitrogens with two attached hydrogens (primary N) is 1. The number of anilines is 1. The minimum absolute atomic E-state index is 0.0814. The Morgan fingerprint density at radius 2 is 1.97 bits per heavy atom. The zero-order valence-electron chi connectivity index (χ0n) is 16.2. The zero-order chi connectivity index (χ0) is 20.6. The summed E-state index contributed by atoms with van der Waals surface area (Å²) in [5.74, 6) is 0.0591. The molecule has 1 aromatic carbocycles. The third kappa shape index (κ3) is 5.63. The normalized spacial score (nSPS) is 12.9. The van der Waals surface area contributed by atoms with Crippen LogP contribution in [0.3, 0.4) is 0 Å². The molecule has 0 fully saturated rings. The lowest BCUT2D eigenvalue weighted by Gasteiger charge is -2.21. The number of pyridine rings is 1. The Hall–Kier alpha value is -3.23. The fourth-order valence-electron chi connectivity index (χ4n) is 2.90. The number of carbonyl (C=O) groups is 1. The molecule has 8 heteroatoms. The molecule has 0 saturated heterocycles. The van der Waals surface area contributed by atoms with Crippen LogP contribution >= 0.6 is 0 Å². The summed E-state index contributed by atoms with van der Waals surface area (Å²) in [6, 6.07) is 14.5. The quantitative estimate of drug-likeness (QED) is 0.374. The lowest BCUT2D eigenvalue weighted by molar-refractivity contribution is -0.144. The Labute approximate surface area is 169 Å². The van der Waals surface area contributed by atoms with Gasteiger partial charge in [0, 0.05) is 24.0 Å². The molecule has 0 radical (unpaired) electrons. The van der Waals surface area contributed by atoms with Gasteiger partial charge < -0.3 is 20.9 Å². The van der Waals surface area contributed by atoms with Crippen LogP contribution in [0.25, 0.3) is 11.3 Å². The molecule has 3 rings (SSSR count). The van der Waals surface area contributed by atoms with E-state index in [-0.39, 0.29) is 13.2 Å². The molecular weight excluding hydrogens is 370 g/mol. The number of carbonyl (C=O) groups excluding carboxylic acids is 1. The molecule has 3 aromatic rings. The average Bonchev–Trinajstić information content (AvgIpc) is 3.11. The highest BCUT2D eigenvalue weighted by Gasteiger charge is 2.19. The molecule has 0 bridgehead atoms. The van der Waals surface area contributed by atoms with Gasteiger partial charge in [0.25, 0.3) is 0 Å². The predicted molar refractivity (Wildman–Crippen MR) is 110 cm³/mol. The molecular formula is C21H25N5O3. The molecule has 8 nitrogen and oxygen atoms in total. The van der Waals surface area contributed by atoms with Crippen molar-refractivity contribution in [2.45, 2.75) is 32.2 Å². The number of benzene rings is 1. The fraction of sp³-hybridized carbons (Fsp3) is 0.286. The molecule has 0 aliphatic carbocycles. The number of rotatable bonds is 9. The highest BCUT2D eigenvalue weighted by Crippen LogP contribution is 2.22. The van der Waals surface area contributed by atoms with Crippen LogP contribution in [-0.4, -0.2) is 44.7 Å². The first-order valence-corrected chi connectivity index (χ1v) is 9.44. The van der Waals surface area contributed by atoms with E-state index in [9.17, 15) is 9.90 Å². The van der Waals surface area contributed by atoms with Crippen molar-refractivity contribution in [3.8, 4) is 11.3 Å². The minimum Gasteiger partial charge on any atom is -0.465 e. The third-order valence-electron chi connectivity index (χ3n) is 4.36. The van der Waals surface area contributed by atoms with Crippen molar-refractivity contribution in [2.24, 2.45) is 5.73 Å². The lowest BCUT2D eigenvalue weighted by Crippen LogP contribution is -2.42. The molecule has 0 aliphatic rings. The third-order valence-corrected chi connectivity index (χ3v) is 4.36. The van der Waals surface area contributed by atoms with E-state index in [4.69, 9.17) is 10.5 Å². The van der Waals surface area contributed by atoms with Crippen LogP contribution in [0, 0.1) is 0 Å². The summed E-state index contributed by atoms with van der Waals surface area (Å²) in [5.41, 5.74) is 8.68. The number of aromatic nitrogens is 3. The van der Waals surface area contributed by atoms with E-state index in [1.165, 1.54) is 4.68 Å². The topological polar surface area (TPSA) is 115 Å². The van der Waals surface area contributed by atoms with Crippen LogP contribution in [0.4, 0.5) is 5.82 Å². The predicted octanol–water partition coefficient (Wildman–Crippen LogP) is 1.81. The average molecular weight is 395 g/mol. The summed E-state index contributed by atoms with van der Waals surface area (Å²) in [6.45, 7) is 1.95. The van der Waals surface area contributed by atoms with Gasteiger partial charge in [0.05, 0.1) is 18.3 Å². The maximum absolute atomic E-state index is 12.0. The van der Waals surface area contributed by atoms with Crippen molar-refractivity contribution in [3.63, 3.8) is 0 Å². The summed E-state index contributed by atoms with van der Waals surface area (Å²) in [5, 5.41) is 18.0. The fourth-order valence-corrected chi connectivity index (χ4v) is 2.90. The molecule has 0 spiro atoms. The first-order valence-electron chi connectivity index (χ1n) is 9.44. The van der Waals surface area contributed by atoms with E-state index < -0.39 is 18.2 Å². The van der Waals surface area contributed by atoms with Crippen molar-refractivity contribution in [3.05, 3.63) is 66.5 Å². The van der Waals surface area contributed by atoms with Crippen molar-refractivity contribution >= 4 is 11.8 Å². The summed E-state index contributed by atoms with van der Waals surface area (Å²) in [6.07, 6.45) is 2.80. The van der Waals surface area contributed by atoms with E-state index in [2.05, 4.69) is 15.4 Å². The molecule has 4 N–H and O–H groups in total. The van der Waals surface area contributed by atoms with Gasteiger partial charge in [-0.3, -0.25) is 9.78 Å². The largest absolute Gasteiger partial charge is 0.465 e. The molecule has 0 amide bonds. The number of aliphatic hydroxyl groups excluding tert-OH is 1. The van der Waals surface area contributed by atoms with Crippen LogP contribution in [0.1, 0.15) is 12.5 Å². The smallest absolute Gasteiger partial charge is 0.327 e. The standard InChI is InChI=1S/C21H25N5O3/c1-2-29-20(27)14-26-19(13-18(25-26)16-8-10-23-11-9-16)24-21(28)17(22)12-15-6-4-3-5-7-15/h3-11,13,17,21,24,28H,2,12,14,22H2,1H3. The van der Waals surface area contributed by atoms with E-state index in [0.717, 1.165) is 11.1 Å². The SMILES string of the molecule is CCOC(=O)Cn1nc(-c2ccncc2)cc1NC(O)C(N)Cc1ccccc1. The van der Waals surface area contributed by atoms with Crippen LogP contribution in [0.15, 0.2) is 60.9 Å². The van der Waals surface area contributed by atoms with Crippen LogP contribution in [0.5, 0.6) is 0 Å². The van der Waals surface area contributed by atoms with Crippen molar-refractivity contribution < 1.29 is 14.6 Å². The van der Waals surface area contributed by atoms with Gasteiger partial charge in [0.1, 0.15) is 18.6 Å². The van der Waals surface area contributed by atoms with Gasteiger partial charge in [-0.05, 0) is 31.0 Å². The Balaban J connectivity index is 1.78. The second kappa shape index (κ2) is 9.81. The number of nitrogens with one attached hydrogen (secondary N) is 1. The number of ether oxygens (including phenoxy) is 1. The van der Waals surface area contributed by atoms with Crippen molar-refractivity contribution in [2.75, 3.05) is 11.9 Å². The first kappa shape index (κ1) is 20.5. The molecule has 29 heavy (non-hydrogen) atoms. The van der Waals surface area contributed by atoms with Gasteiger partial charge in [0.15, 0.2) is 0 Å². The first-order chi connectivity index (χ1) is 14.1. The van der Waals surface area contributed by atoms with Gasteiger partial charge in [-0.1, -0.05) is 30.3 Å². The molecule has 2 heterocycles. The number of esters is 1. The zero-order valence-corrected chi connectivity index (χ0v) is 16.2. The number of hydrogen-bond acceptors (Lipinski definition) is 7. The summed E-state index contributed by atoms with van der Waals surface area (Å²) < 4.78 is 6.49.